The van der Waals surface area contributed by atoms with Gasteiger partial charge in [0.25, 0.3) is 10.0 Å². The number of rotatable bonds is 5. The van der Waals surface area contributed by atoms with Crippen LogP contribution in [0.3, 0.4) is 0 Å². The van der Waals surface area contributed by atoms with Gasteiger partial charge >= 0.3 is 0 Å². The maximum Gasteiger partial charge on any atom is 0.261 e. The first-order chi connectivity index (χ1) is 11.3. The zero-order valence-electron chi connectivity index (χ0n) is 13.6. The number of oxazole rings is 1. The molecule has 0 radical (unpaired) electrons. The maximum atomic E-state index is 12.5. The van der Waals surface area contributed by atoms with Crippen LogP contribution in [0.5, 0.6) is 5.75 Å². The molecule has 0 aliphatic heterocycles. The van der Waals surface area contributed by atoms with E-state index in [0.29, 0.717) is 28.4 Å². The van der Waals surface area contributed by atoms with Gasteiger partial charge in [-0.1, -0.05) is 0 Å². The standard InChI is InChI=1S/C17H18N2O4S/c1-11(2)22-14-5-7-15(8-6-14)24(20,21)19-13-4-9-17-16(10-13)18-12(3)23-17/h4-11,19H,1-3H3. The number of sulfonamides is 1. The lowest BCUT2D eigenvalue weighted by atomic mass is 10.3. The lowest BCUT2D eigenvalue weighted by Crippen LogP contribution is -2.13. The molecule has 0 saturated heterocycles. The third-order valence-corrected chi connectivity index (χ3v) is 4.65. The molecule has 1 N–H and O–H groups in total. The first-order valence-electron chi connectivity index (χ1n) is 7.50. The van der Waals surface area contributed by atoms with Gasteiger partial charge in [-0.2, -0.15) is 0 Å². The number of fused-ring (bicyclic) bond motifs is 1. The molecule has 0 atom stereocenters. The molecule has 24 heavy (non-hydrogen) atoms. The number of nitrogens with one attached hydrogen (secondary N) is 1. The quantitative estimate of drug-likeness (QED) is 0.761. The summed E-state index contributed by atoms with van der Waals surface area (Å²) in [6.45, 7) is 5.56. The van der Waals surface area contributed by atoms with Crippen LogP contribution in [0.1, 0.15) is 19.7 Å². The number of ether oxygens (including phenoxy) is 1. The van der Waals surface area contributed by atoms with Gasteiger partial charge in [0.05, 0.1) is 16.7 Å². The minimum atomic E-state index is -3.68. The van der Waals surface area contributed by atoms with E-state index in [9.17, 15) is 8.42 Å². The van der Waals surface area contributed by atoms with Crippen LogP contribution in [0.15, 0.2) is 51.8 Å². The molecule has 3 rings (SSSR count). The second-order valence-electron chi connectivity index (χ2n) is 5.66. The molecule has 0 spiro atoms. The van der Waals surface area contributed by atoms with E-state index in [1.165, 1.54) is 12.1 Å². The Morgan fingerprint density at radius 2 is 1.83 bits per heavy atom. The zero-order chi connectivity index (χ0) is 17.3. The number of aromatic nitrogens is 1. The Morgan fingerprint density at radius 1 is 1.12 bits per heavy atom. The second kappa shape index (κ2) is 6.16. The number of benzene rings is 2. The highest BCUT2D eigenvalue weighted by atomic mass is 32.2. The van der Waals surface area contributed by atoms with Crippen LogP contribution in [0, 0.1) is 6.92 Å². The first-order valence-corrected chi connectivity index (χ1v) is 8.98. The van der Waals surface area contributed by atoms with Crippen molar-refractivity contribution in [2.75, 3.05) is 4.72 Å². The van der Waals surface area contributed by atoms with Crippen molar-refractivity contribution in [3.8, 4) is 5.75 Å². The Kier molecular flexibility index (Phi) is 4.19. The van der Waals surface area contributed by atoms with E-state index in [0.717, 1.165) is 0 Å². The molecule has 0 bridgehead atoms. The molecule has 1 aromatic heterocycles. The van der Waals surface area contributed by atoms with Crippen molar-refractivity contribution in [1.82, 2.24) is 4.98 Å². The van der Waals surface area contributed by atoms with Gasteiger partial charge in [-0.25, -0.2) is 13.4 Å². The van der Waals surface area contributed by atoms with Gasteiger partial charge in [0.15, 0.2) is 11.5 Å². The molecule has 7 heteroatoms. The minimum Gasteiger partial charge on any atom is -0.491 e. The first kappa shape index (κ1) is 16.3. The molecule has 1 heterocycles. The molecular weight excluding hydrogens is 328 g/mol. The molecule has 2 aromatic carbocycles. The van der Waals surface area contributed by atoms with Gasteiger partial charge in [-0.15, -0.1) is 0 Å². The molecule has 0 unspecified atom stereocenters. The molecular formula is C17H18N2O4S. The number of aryl methyl sites for hydroxylation is 1. The fraction of sp³-hybridized carbons (Fsp3) is 0.235. The lowest BCUT2D eigenvalue weighted by Gasteiger charge is -2.11. The predicted octanol–water partition coefficient (Wildman–Crippen LogP) is 3.72. The summed E-state index contributed by atoms with van der Waals surface area (Å²) in [5.41, 5.74) is 1.65. The Balaban J connectivity index is 1.83. The average molecular weight is 346 g/mol. The topological polar surface area (TPSA) is 81.4 Å². The Hall–Kier alpha value is -2.54. The van der Waals surface area contributed by atoms with Crippen molar-refractivity contribution in [1.29, 1.82) is 0 Å². The Morgan fingerprint density at radius 3 is 2.50 bits per heavy atom. The zero-order valence-corrected chi connectivity index (χ0v) is 14.4. The second-order valence-corrected chi connectivity index (χ2v) is 7.34. The van der Waals surface area contributed by atoms with Crippen LogP contribution in [0.25, 0.3) is 11.1 Å². The van der Waals surface area contributed by atoms with Crippen LogP contribution in [0.4, 0.5) is 5.69 Å². The highest BCUT2D eigenvalue weighted by molar-refractivity contribution is 7.92. The normalized spacial score (nSPS) is 11.8. The van der Waals surface area contributed by atoms with Gasteiger partial charge < -0.3 is 9.15 Å². The van der Waals surface area contributed by atoms with E-state index >= 15 is 0 Å². The summed E-state index contributed by atoms with van der Waals surface area (Å²) >= 11 is 0. The van der Waals surface area contributed by atoms with E-state index in [4.69, 9.17) is 9.15 Å². The summed E-state index contributed by atoms with van der Waals surface area (Å²) in [7, 11) is -3.68. The van der Waals surface area contributed by atoms with Crippen molar-refractivity contribution in [3.05, 3.63) is 48.4 Å². The number of nitrogens with zero attached hydrogens (tertiary/aromatic N) is 1. The van der Waals surface area contributed by atoms with E-state index in [1.807, 2.05) is 13.8 Å². The minimum absolute atomic E-state index is 0.0308. The predicted molar refractivity (Wildman–Crippen MR) is 91.8 cm³/mol. The van der Waals surface area contributed by atoms with Gasteiger partial charge in [-0.05, 0) is 56.3 Å². The monoisotopic (exact) mass is 346 g/mol. The van der Waals surface area contributed by atoms with Crippen LogP contribution in [0.2, 0.25) is 0 Å². The largest absolute Gasteiger partial charge is 0.491 e. The fourth-order valence-corrected chi connectivity index (χ4v) is 3.34. The van der Waals surface area contributed by atoms with Gasteiger partial charge in [0.2, 0.25) is 0 Å². The SMILES string of the molecule is Cc1nc2cc(NS(=O)(=O)c3ccc(OC(C)C)cc3)ccc2o1. The average Bonchev–Trinajstić information content (AvgIpc) is 2.86. The molecule has 0 aliphatic carbocycles. The highest BCUT2D eigenvalue weighted by Gasteiger charge is 2.15. The van der Waals surface area contributed by atoms with Gasteiger partial charge in [-0.3, -0.25) is 4.72 Å². The summed E-state index contributed by atoms with van der Waals surface area (Å²) in [4.78, 5) is 4.36. The lowest BCUT2D eigenvalue weighted by molar-refractivity contribution is 0.242. The van der Waals surface area contributed by atoms with Crippen LogP contribution in [-0.2, 0) is 10.0 Å². The third-order valence-electron chi connectivity index (χ3n) is 3.25. The summed E-state index contributed by atoms with van der Waals surface area (Å²) in [5.74, 6) is 1.16. The summed E-state index contributed by atoms with van der Waals surface area (Å²) in [6, 6.07) is 11.3. The number of anilines is 1. The van der Waals surface area contributed by atoms with E-state index < -0.39 is 10.0 Å². The molecule has 0 aliphatic rings. The van der Waals surface area contributed by atoms with Crippen molar-refractivity contribution >= 4 is 26.8 Å². The van der Waals surface area contributed by atoms with Crippen LogP contribution >= 0.6 is 0 Å². The molecule has 126 valence electrons. The van der Waals surface area contributed by atoms with Crippen molar-refractivity contribution < 1.29 is 17.6 Å². The summed E-state index contributed by atoms with van der Waals surface area (Å²) in [5, 5.41) is 0. The molecule has 0 saturated carbocycles. The molecule has 0 fully saturated rings. The molecule has 3 aromatic rings. The van der Waals surface area contributed by atoms with Crippen molar-refractivity contribution in [2.45, 2.75) is 31.8 Å². The fourth-order valence-electron chi connectivity index (χ4n) is 2.29. The van der Waals surface area contributed by atoms with Crippen molar-refractivity contribution in [3.63, 3.8) is 0 Å². The summed E-state index contributed by atoms with van der Waals surface area (Å²) in [6.07, 6.45) is 0.0308. The van der Waals surface area contributed by atoms with Gasteiger partial charge in [0.1, 0.15) is 11.3 Å². The van der Waals surface area contributed by atoms with Crippen LogP contribution < -0.4 is 9.46 Å². The molecule has 0 amide bonds. The highest BCUT2D eigenvalue weighted by Crippen LogP contribution is 2.23. The van der Waals surface area contributed by atoms with Gasteiger partial charge in [0, 0.05) is 6.92 Å². The van der Waals surface area contributed by atoms with E-state index in [-0.39, 0.29) is 11.0 Å². The number of hydrogen-bond donors (Lipinski definition) is 1. The molecule has 6 nitrogen and oxygen atoms in total. The van der Waals surface area contributed by atoms with Crippen molar-refractivity contribution in [2.24, 2.45) is 0 Å². The third kappa shape index (κ3) is 3.51. The number of hydrogen-bond acceptors (Lipinski definition) is 5. The Bertz CT molecular complexity index is 960. The Labute approximate surface area is 140 Å². The smallest absolute Gasteiger partial charge is 0.261 e. The maximum absolute atomic E-state index is 12.5. The van der Waals surface area contributed by atoms with Crippen LogP contribution in [-0.4, -0.2) is 19.5 Å². The van der Waals surface area contributed by atoms with E-state index in [2.05, 4.69) is 9.71 Å². The van der Waals surface area contributed by atoms with E-state index in [1.54, 1.807) is 37.3 Å². The summed E-state index contributed by atoms with van der Waals surface area (Å²) < 4.78 is 38.4.